The molecule has 0 aliphatic rings. The van der Waals surface area contributed by atoms with Gasteiger partial charge in [0.05, 0.1) is 11.5 Å². The van der Waals surface area contributed by atoms with E-state index in [2.05, 4.69) is 5.32 Å². The molecule has 0 heterocycles. The number of nitrogens with zero attached hydrogens (tertiary/aromatic N) is 1. The largest absolute Gasteiger partial charge is 0.380 e. The SMILES string of the molecule is CCOCC(C)Nc1cccc(C)c1[N+](=O)[O-]. The molecule has 0 bridgehead atoms. The zero-order chi connectivity index (χ0) is 12.8. The topological polar surface area (TPSA) is 64.4 Å². The van der Waals surface area contributed by atoms with E-state index in [0.717, 1.165) is 0 Å². The average molecular weight is 238 g/mol. The molecule has 0 amide bonds. The molecule has 1 N–H and O–H groups in total. The van der Waals surface area contributed by atoms with Gasteiger partial charge < -0.3 is 10.1 Å². The highest BCUT2D eigenvalue weighted by atomic mass is 16.6. The summed E-state index contributed by atoms with van der Waals surface area (Å²) in [6.07, 6.45) is 0. The summed E-state index contributed by atoms with van der Waals surface area (Å²) >= 11 is 0. The number of anilines is 1. The lowest BCUT2D eigenvalue weighted by Gasteiger charge is -2.15. The number of aryl methyl sites for hydroxylation is 1. The summed E-state index contributed by atoms with van der Waals surface area (Å²) in [6.45, 7) is 6.75. The van der Waals surface area contributed by atoms with E-state index in [1.165, 1.54) is 0 Å². The molecule has 0 aliphatic carbocycles. The third-order valence-electron chi connectivity index (χ3n) is 2.39. The van der Waals surface area contributed by atoms with Crippen LogP contribution in [0, 0.1) is 17.0 Å². The zero-order valence-electron chi connectivity index (χ0n) is 10.4. The van der Waals surface area contributed by atoms with Gasteiger partial charge in [0.25, 0.3) is 5.69 Å². The van der Waals surface area contributed by atoms with Gasteiger partial charge in [0.2, 0.25) is 0 Å². The lowest BCUT2D eigenvalue weighted by molar-refractivity contribution is -0.384. The minimum Gasteiger partial charge on any atom is -0.380 e. The van der Waals surface area contributed by atoms with Crippen molar-refractivity contribution >= 4 is 11.4 Å². The van der Waals surface area contributed by atoms with Crippen LogP contribution in [0.1, 0.15) is 19.4 Å². The predicted octanol–water partition coefficient (Wildman–Crippen LogP) is 2.74. The Kier molecular flexibility index (Phi) is 4.90. The quantitative estimate of drug-likeness (QED) is 0.611. The van der Waals surface area contributed by atoms with Crippen molar-refractivity contribution in [3.63, 3.8) is 0 Å². The normalized spacial score (nSPS) is 12.2. The van der Waals surface area contributed by atoms with Gasteiger partial charge >= 0.3 is 0 Å². The molecule has 17 heavy (non-hydrogen) atoms. The summed E-state index contributed by atoms with van der Waals surface area (Å²) in [4.78, 5) is 10.6. The van der Waals surface area contributed by atoms with Gasteiger partial charge in [-0.15, -0.1) is 0 Å². The minimum absolute atomic E-state index is 0.0375. The first kappa shape index (κ1) is 13.4. The third-order valence-corrected chi connectivity index (χ3v) is 2.39. The Morgan fingerprint density at radius 1 is 1.53 bits per heavy atom. The van der Waals surface area contributed by atoms with Gasteiger partial charge in [-0.25, -0.2) is 0 Å². The highest BCUT2D eigenvalue weighted by Crippen LogP contribution is 2.28. The van der Waals surface area contributed by atoms with Crippen molar-refractivity contribution in [1.82, 2.24) is 0 Å². The first-order valence-corrected chi connectivity index (χ1v) is 5.64. The molecule has 1 aromatic rings. The molecule has 0 spiro atoms. The molecule has 1 atom stereocenters. The van der Waals surface area contributed by atoms with Crippen molar-refractivity contribution in [1.29, 1.82) is 0 Å². The highest BCUT2D eigenvalue weighted by Gasteiger charge is 2.17. The van der Waals surface area contributed by atoms with Crippen LogP contribution in [-0.4, -0.2) is 24.2 Å². The molecule has 0 radical (unpaired) electrons. The fraction of sp³-hybridized carbons (Fsp3) is 0.500. The standard InChI is InChI=1S/C12H18N2O3/c1-4-17-8-10(3)13-11-7-5-6-9(2)12(11)14(15)16/h5-7,10,13H,4,8H2,1-3H3. The van der Waals surface area contributed by atoms with E-state index >= 15 is 0 Å². The molecule has 1 aromatic carbocycles. The molecular formula is C12H18N2O3. The van der Waals surface area contributed by atoms with Gasteiger partial charge in [0, 0.05) is 18.2 Å². The Morgan fingerprint density at radius 3 is 2.82 bits per heavy atom. The van der Waals surface area contributed by atoms with Gasteiger partial charge in [0.15, 0.2) is 0 Å². The number of nitro groups is 1. The van der Waals surface area contributed by atoms with Crippen LogP contribution >= 0.6 is 0 Å². The smallest absolute Gasteiger partial charge is 0.295 e. The van der Waals surface area contributed by atoms with Crippen molar-refractivity contribution in [2.75, 3.05) is 18.5 Å². The van der Waals surface area contributed by atoms with E-state index in [1.54, 1.807) is 25.1 Å². The molecule has 0 aromatic heterocycles. The van der Waals surface area contributed by atoms with Crippen LogP contribution in [0.5, 0.6) is 0 Å². The zero-order valence-corrected chi connectivity index (χ0v) is 10.4. The number of para-hydroxylation sites is 1. The Hall–Kier alpha value is -1.62. The van der Waals surface area contributed by atoms with Crippen molar-refractivity contribution in [2.24, 2.45) is 0 Å². The Balaban J connectivity index is 2.83. The maximum absolute atomic E-state index is 11.0. The Labute approximate surface area is 101 Å². The summed E-state index contributed by atoms with van der Waals surface area (Å²) in [6, 6.07) is 5.29. The fourth-order valence-electron chi connectivity index (χ4n) is 1.62. The molecule has 5 nitrogen and oxygen atoms in total. The van der Waals surface area contributed by atoms with Crippen LogP contribution in [0.3, 0.4) is 0 Å². The number of hydrogen-bond acceptors (Lipinski definition) is 4. The van der Waals surface area contributed by atoms with Crippen LogP contribution in [0.4, 0.5) is 11.4 Å². The first-order chi connectivity index (χ1) is 8.06. The summed E-state index contributed by atoms with van der Waals surface area (Å²) in [5, 5.41) is 14.1. The van der Waals surface area contributed by atoms with Crippen molar-refractivity contribution < 1.29 is 9.66 Å². The molecule has 94 valence electrons. The predicted molar refractivity (Wildman–Crippen MR) is 67.4 cm³/mol. The number of nitrogens with one attached hydrogen (secondary N) is 1. The maximum Gasteiger partial charge on any atom is 0.295 e. The van der Waals surface area contributed by atoms with Gasteiger partial charge in [-0.05, 0) is 26.8 Å². The monoisotopic (exact) mass is 238 g/mol. The van der Waals surface area contributed by atoms with Crippen LogP contribution < -0.4 is 5.32 Å². The van der Waals surface area contributed by atoms with Gasteiger partial charge in [-0.3, -0.25) is 10.1 Å². The molecule has 1 rings (SSSR count). The van der Waals surface area contributed by atoms with E-state index < -0.39 is 0 Å². The van der Waals surface area contributed by atoms with Crippen molar-refractivity contribution in [3.05, 3.63) is 33.9 Å². The number of hydrogen-bond donors (Lipinski definition) is 1. The lowest BCUT2D eigenvalue weighted by Crippen LogP contribution is -2.22. The van der Waals surface area contributed by atoms with Crippen LogP contribution in [-0.2, 0) is 4.74 Å². The second-order valence-corrected chi connectivity index (χ2v) is 3.93. The van der Waals surface area contributed by atoms with E-state index in [-0.39, 0.29) is 16.7 Å². The van der Waals surface area contributed by atoms with Crippen molar-refractivity contribution in [3.8, 4) is 0 Å². The summed E-state index contributed by atoms with van der Waals surface area (Å²) in [5.74, 6) is 0. The maximum atomic E-state index is 11.0. The second-order valence-electron chi connectivity index (χ2n) is 3.93. The second kappa shape index (κ2) is 6.20. The Morgan fingerprint density at radius 2 is 2.24 bits per heavy atom. The number of rotatable bonds is 6. The summed E-state index contributed by atoms with van der Waals surface area (Å²) < 4.78 is 5.27. The van der Waals surface area contributed by atoms with E-state index in [4.69, 9.17) is 4.74 Å². The van der Waals surface area contributed by atoms with Crippen molar-refractivity contribution in [2.45, 2.75) is 26.8 Å². The van der Waals surface area contributed by atoms with E-state index in [1.807, 2.05) is 13.8 Å². The number of nitro benzene ring substituents is 1. The van der Waals surface area contributed by atoms with E-state index in [0.29, 0.717) is 24.5 Å². The molecule has 0 saturated heterocycles. The molecular weight excluding hydrogens is 220 g/mol. The first-order valence-electron chi connectivity index (χ1n) is 5.64. The van der Waals surface area contributed by atoms with E-state index in [9.17, 15) is 10.1 Å². The van der Waals surface area contributed by atoms with Gasteiger partial charge in [-0.1, -0.05) is 12.1 Å². The van der Waals surface area contributed by atoms with Crippen LogP contribution in [0.2, 0.25) is 0 Å². The van der Waals surface area contributed by atoms with Crippen LogP contribution in [0.15, 0.2) is 18.2 Å². The summed E-state index contributed by atoms with van der Waals surface area (Å²) in [5.41, 5.74) is 1.33. The lowest BCUT2D eigenvalue weighted by atomic mass is 10.1. The van der Waals surface area contributed by atoms with Crippen LogP contribution in [0.25, 0.3) is 0 Å². The average Bonchev–Trinajstić information content (AvgIpc) is 2.25. The minimum atomic E-state index is -0.356. The molecule has 5 heteroatoms. The molecule has 0 fully saturated rings. The molecule has 0 saturated carbocycles. The van der Waals surface area contributed by atoms with Gasteiger partial charge in [-0.2, -0.15) is 0 Å². The summed E-state index contributed by atoms with van der Waals surface area (Å²) in [7, 11) is 0. The van der Waals surface area contributed by atoms with Gasteiger partial charge in [0.1, 0.15) is 5.69 Å². The fourth-order valence-corrected chi connectivity index (χ4v) is 1.62. The molecule has 0 aliphatic heterocycles. The Bertz CT molecular complexity index is 393. The molecule has 1 unspecified atom stereocenters. The highest BCUT2D eigenvalue weighted by molar-refractivity contribution is 5.65. The third kappa shape index (κ3) is 3.71. The number of benzene rings is 1. The number of ether oxygens (including phenoxy) is 1.